The van der Waals surface area contributed by atoms with E-state index in [4.69, 9.17) is 9.47 Å². The van der Waals surface area contributed by atoms with Crippen LogP contribution >= 0.6 is 24.0 Å². The Hall–Kier alpha value is -2.03. The average Bonchev–Trinajstić information content (AvgIpc) is 2.66. The number of benzene rings is 1. The third-order valence-corrected chi connectivity index (χ3v) is 3.45. The molecule has 0 aliphatic rings. The lowest BCUT2D eigenvalue weighted by Gasteiger charge is -2.12. The molecule has 2 rings (SSSR count). The second kappa shape index (κ2) is 12.3. The molecule has 0 aliphatic carbocycles. The van der Waals surface area contributed by atoms with E-state index in [-0.39, 0.29) is 24.0 Å². The largest absolute Gasteiger partial charge is 0.493 e. The van der Waals surface area contributed by atoms with Crippen LogP contribution in [0, 0.1) is 0 Å². The van der Waals surface area contributed by atoms with Crippen molar-refractivity contribution < 1.29 is 9.47 Å². The number of hydrogen-bond acceptors (Lipinski definition) is 4. The van der Waals surface area contributed by atoms with Crippen molar-refractivity contribution in [1.82, 2.24) is 15.6 Å². The summed E-state index contributed by atoms with van der Waals surface area (Å²) >= 11 is 0. The standard InChI is InChI=1S/C19H26N4O2.HI/c1-4-20-19(23-14-16-8-6-7-11-21-16)22-13-15-9-10-17(25-5-2)18(12-15)24-3;/h6-12H,4-5,13-14H2,1-3H3,(H2,20,22,23);1H. The van der Waals surface area contributed by atoms with Crippen LogP contribution < -0.4 is 20.1 Å². The van der Waals surface area contributed by atoms with Gasteiger partial charge in [0, 0.05) is 12.7 Å². The summed E-state index contributed by atoms with van der Waals surface area (Å²) < 4.78 is 10.9. The van der Waals surface area contributed by atoms with Gasteiger partial charge >= 0.3 is 0 Å². The smallest absolute Gasteiger partial charge is 0.191 e. The van der Waals surface area contributed by atoms with Crippen molar-refractivity contribution in [3.05, 3.63) is 53.9 Å². The predicted octanol–water partition coefficient (Wildman–Crippen LogP) is 3.36. The quantitative estimate of drug-likeness (QED) is 0.352. The molecule has 1 aromatic carbocycles. The topological polar surface area (TPSA) is 67.8 Å². The predicted molar refractivity (Wildman–Crippen MR) is 115 cm³/mol. The van der Waals surface area contributed by atoms with Gasteiger partial charge in [-0.15, -0.1) is 24.0 Å². The van der Waals surface area contributed by atoms with Gasteiger partial charge in [0.2, 0.25) is 0 Å². The van der Waals surface area contributed by atoms with Gasteiger partial charge in [-0.2, -0.15) is 0 Å². The number of rotatable bonds is 8. The number of ether oxygens (including phenoxy) is 2. The fraction of sp³-hybridized carbons (Fsp3) is 0.368. The van der Waals surface area contributed by atoms with Crippen LogP contribution in [0.1, 0.15) is 25.1 Å². The third kappa shape index (κ3) is 7.07. The molecule has 7 heteroatoms. The molecule has 6 nitrogen and oxygen atoms in total. The van der Waals surface area contributed by atoms with Crippen molar-refractivity contribution >= 4 is 29.9 Å². The molecule has 0 unspecified atom stereocenters. The van der Waals surface area contributed by atoms with Gasteiger partial charge in [0.1, 0.15) is 0 Å². The number of aliphatic imine (C=N–C) groups is 1. The fourth-order valence-corrected chi connectivity index (χ4v) is 2.27. The number of aromatic nitrogens is 1. The van der Waals surface area contributed by atoms with E-state index in [0.717, 1.165) is 35.3 Å². The zero-order chi connectivity index (χ0) is 17.9. The summed E-state index contributed by atoms with van der Waals surface area (Å²) in [7, 11) is 1.64. The van der Waals surface area contributed by atoms with Gasteiger partial charge in [-0.3, -0.25) is 4.98 Å². The van der Waals surface area contributed by atoms with Crippen LogP contribution in [0.4, 0.5) is 0 Å². The lowest BCUT2D eigenvalue weighted by molar-refractivity contribution is 0.310. The van der Waals surface area contributed by atoms with E-state index in [1.807, 2.05) is 50.2 Å². The first-order chi connectivity index (χ1) is 12.3. The third-order valence-electron chi connectivity index (χ3n) is 3.45. The van der Waals surface area contributed by atoms with Gasteiger partial charge in [0.05, 0.1) is 32.5 Å². The molecule has 142 valence electrons. The summed E-state index contributed by atoms with van der Waals surface area (Å²) in [5.41, 5.74) is 2.02. The Morgan fingerprint density at radius 2 is 1.96 bits per heavy atom. The first-order valence-corrected chi connectivity index (χ1v) is 8.48. The van der Waals surface area contributed by atoms with Crippen LogP contribution in [0.2, 0.25) is 0 Å². The van der Waals surface area contributed by atoms with E-state index in [9.17, 15) is 0 Å². The minimum absolute atomic E-state index is 0. The molecule has 0 atom stereocenters. The van der Waals surface area contributed by atoms with Crippen molar-refractivity contribution in [3.8, 4) is 11.5 Å². The molecule has 0 saturated heterocycles. The highest BCUT2D eigenvalue weighted by atomic mass is 127. The van der Waals surface area contributed by atoms with Gasteiger partial charge < -0.3 is 20.1 Å². The van der Waals surface area contributed by atoms with Crippen LogP contribution in [0.3, 0.4) is 0 Å². The average molecular weight is 470 g/mol. The van der Waals surface area contributed by atoms with Crippen molar-refractivity contribution in [1.29, 1.82) is 0 Å². The highest BCUT2D eigenvalue weighted by Gasteiger charge is 2.05. The Morgan fingerprint density at radius 3 is 2.62 bits per heavy atom. The maximum absolute atomic E-state index is 5.54. The molecule has 0 radical (unpaired) electrons. The van der Waals surface area contributed by atoms with Crippen molar-refractivity contribution in [3.63, 3.8) is 0 Å². The minimum Gasteiger partial charge on any atom is -0.493 e. The summed E-state index contributed by atoms with van der Waals surface area (Å²) in [6.07, 6.45) is 1.79. The molecule has 0 saturated carbocycles. The lowest BCUT2D eigenvalue weighted by atomic mass is 10.2. The number of halogens is 1. The van der Waals surface area contributed by atoms with E-state index in [0.29, 0.717) is 19.7 Å². The summed E-state index contributed by atoms with van der Waals surface area (Å²) in [6.45, 7) is 6.56. The van der Waals surface area contributed by atoms with Gasteiger partial charge in [-0.25, -0.2) is 4.99 Å². The summed E-state index contributed by atoms with van der Waals surface area (Å²) in [6, 6.07) is 11.7. The Balaban J connectivity index is 0.00000338. The number of guanidine groups is 1. The van der Waals surface area contributed by atoms with Crippen molar-refractivity contribution in [2.75, 3.05) is 20.3 Å². The lowest BCUT2D eigenvalue weighted by Crippen LogP contribution is -2.37. The second-order valence-electron chi connectivity index (χ2n) is 5.29. The maximum Gasteiger partial charge on any atom is 0.191 e. The highest BCUT2D eigenvalue weighted by Crippen LogP contribution is 2.28. The Labute approximate surface area is 172 Å². The van der Waals surface area contributed by atoms with Gasteiger partial charge in [0.25, 0.3) is 0 Å². The first-order valence-electron chi connectivity index (χ1n) is 8.48. The molecule has 1 aromatic heterocycles. The minimum atomic E-state index is 0. The number of methoxy groups -OCH3 is 1. The van der Waals surface area contributed by atoms with E-state index in [1.165, 1.54) is 0 Å². The highest BCUT2D eigenvalue weighted by molar-refractivity contribution is 14.0. The molecule has 0 amide bonds. The van der Waals surface area contributed by atoms with Gasteiger partial charge in [-0.05, 0) is 43.7 Å². The summed E-state index contributed by atoms with van der Waals surface area (Å²) in [5, 5.41) is 6.53. The Kier molecular flexibility index (Phi) is 10.5. The van der Waals surface area contributed by atoms with E-state index >= 15 is 0 Å². The molecule has 26 heavy (non-hydrogen) atoms. The number of pyridine rings is 1. The summed E-state index contributed by atoms with van der Waals surface area (Å²) in [5.74, 6) is 2.22. The zero-order valence-corrected chi connectivity index (χ0v) is 17.8. The van der Waals surface area contributed by atoms with Crippen LogP contribution in [-0.2, 0) is 13.1 Å². The van der Waals surface area contributed by atoms with Gasteiger partial charge in [-0.1, -0.05) is 12.1 Å². The Bertz CT molecular complexity index is 680. The Morgan fingerprint density at radius 1 is 1.12 bits per heavy atom. The van der Waals surface area contributed by atoms with E-state index in [2.05, 4.69) is 20.6 Å². The van der Waals surface area contributed by atoms with Crippen LogP contribution in [0.15, 0.2) is 47.6 Å². The molecule has 0 spiro atoms. The van der Waals surface area contributed by atoms with Crippen molar-refractivity contribution in [2.45, 2.75) is 26.9 Å². The SMILES string of the molecule is CCNC(=NCc1ccc(OCC)c(OC)c1)NCc1ccccn1.I. The van der Waals surface area contributed by atoms with E-state index in [1.54, 1.807) is 13.3 Å². The molecular weight excluding hydrogens is 443 g/mol. The molecule has 2 N–H and O–H groups in total. The molecular formula is C19H27IN4O2. The van der Waals surface area contributed by atoms with Crippen LogP contribution in [0.5, 0.6) is 11.5 Å². The number of nitrogens with zero attached hydrogens (tertiary/aromatic N) is 2. The number of nitrogens with one attached hydrogen (secondary N) is 2. The fourth-order valence-electron chi connectivity index (χ4n) is 2.27. The second-order valence-corrected chi connectivity index (χ2v) is 5.29. The first kappa shape index (κ1) is 22.0. The molecule has 0 aliphatic heterocycles. The molecule has 2 aromatic rings. The molecule has 0 bridgehead atoms. The zero-order valence-electron chi connectivity index (χ0n) is 15.5. The normalized spacial score (nSPS) is 10.7. The maximum atomic E-state index is 5.54. The summed E-state index contributed by atoms with van der Waals surface area (Å²) in [4.78, 5) is 8.92. The van der Waals surface area contributed by atoms with E-state index < -0.39 is 0 Å². The monoisotopic (exact) mass is 470 g/mol. The van der Waals surface area contributed by atoms with Crippen molar-refractivity contribution in [2.24, 2.45) is 4.99 Å². The molecule has 0 fully saturated rings. The van der Waals surface area contributed by atoms with Gasteiger partial charge in [0.15, 0.2) is 17.5 Å². The number of hydrogen-bond donors (Lipinski definition) is 2. The van der Waals surface area contributed by atoms with Crippen LogP contribution in [-0.4, -0.2) is 31.2 Å². The molecule has 1 heterocycles. The van der Waals surface area contributed by atoms with Crippen LogP contribution in [0.25, 0.3) is 0 Å².